The Hall–Kier alpha value is -3.22. The second kappa shape index (κ2) is 6.72. The highest BCUT2D eigenvalue weighted by molar-refractivity contribution is 6.01. The summed E-state index contributed by atoms with van der Waals surface area (Å²) in [4.78, 5) is 29.6. The molecule has 2 aromatic heterocycles. The maximum Gasteiger partial charge on any atom is 0.345 e. The number of amides is 1. The Bertz CT molecular complexity index is 1030. The van der Waals surface area contributed by atoms with Crippen LogP contribution in [0.25, 0.3) is 10.9 Å². The van der Waals surface area contributed by atoms with E-state index in [4.69, 9.17) is 0 Å². The average Bonchev–Trinajstić information content (AvgIpc) is 2.85. The molecule has 25 heavy (non-hydrogen) atoms. The molecule has 3 aromatic rings. The first-order chi connectivity index (χ1) is 12.0. The number of fused-ring (bicyclic) bond motifs is 1. The highest BCUT2D eigenvalue weighted by atomic mass is 16.2. The summed E-state index contributed by atoms with van der Waals surface area (Å²) in [5.74, 6) is -0.526. The fraction of sp³-hybridized carbons (Fsp3) is 0.222. The molecule has 0 unspecified atom stereocenters. The number of hydrazone groups is 1. The number of nitrogens with zero attached hydrogens (tertiary/aromatic N) is 3. The third-order valence-corrected chi connectivity index (χ3v) is 4.07. The van der Waals surface area contributed by atoms with E-state index in [0.29, 0.717) is 5.69 Å². The van der Waals surface area contributed by atoms with Gasteiger partial charge >= 0.3 is 5.69 Å². The maximum absolute atomic E-state index is 12.1. The van der Waals surface area contributed by atoms with Gasteiger partial charge in [-0.2, -0.15) is 10.1 Å². The lowest BCUT2D eigenvalue weighted by Gasteiger charge is -2.03. The molecule has 2 heterocycles. The molecular formula is C18H19N5O2. The van der Waals surface area contributed by atoms with E-state index in [2.05, 4.69) is 38.1 Å². The first kappa shape index (κ1) is 16.6. The number of aromatic amines is 1. The van der Waals surface area contributed by atoms with Gasteiger partial charge in [0.05, 0.1) is 6.21 Å². The lowest BCUT2D eigenvalue weighted by molar-refractivity contribution is 0.0949. The zero-order chi connectivity index (χ0) is 18.0. The maximum atomic E-state index is 12.1. The molecule has 3 rings (SSSR count). The predicted octanol–water partition coefficient (Wildman–Crippen LogP) is 2.13. The number of carbonyl (C=O) groups is 1. The molecule has 0 aliphatic rings. The molecule has 0 atom stereocenters. The van der Waals surface area contributed by atoms with Gasteiger partial charge in [-0.3, -0.25) is 4.79 Å². The SMILES string of the molecule is CCn1c(C)c(/C=N/NC(=O)c2cc(C)[nH]c(=O)n2)c2ccccc21. The number of carbonyl (C=O) groups excluding carboxylic acids is 1. The number of para-hydroxylation sites is 1. The van der Waals surface area contributed by atoms with Crippen molar-refractivity contribution in [1.82, 2.24) is 20.0 Å². The van der Waals surface area contributed by atoms with E-state index in [9.17, 15) is 9.59 Å². The van der Waals surface area contributed by atoms with Gasteiger partial charge in [0.2, 0.25) is 0 Å². The summed E-state index contributed by atoms with van der Waals surface area (Å²) in [6, 6.07) is 9.56. The van der Waals surface area contributed by atoms with Crippen molar-refractivity contribution in [1.29, 1.82) is 0 Å². The highest BCUT2D eigenvalue weighted by Crippen LogP contribution is 2.24. The first-order valence-corrected chi connectivity index (χ1v) is 8.00. The molecule has 0 aliphatic carbocycles. The van der Waals surface area contributed by atoms with Gasteiger partial charge in [0, 0.05) is 34.4 Å². The van der Waals surface area contributed by atoms with Crippen LogP contribution in [0.4, 0.5) is 0 Å². The van der Waals surface area contributed by atoms with Crippen molar-refractivity contribution in [3.05, 3.63) is 63.5 Å². The minimum absolute atomic E-state index is 0.0334. The summed E-state index contributed by atoms with van der Waals surface area (Å²) in [5, 5.41) is 5.12. The Labute approximate surface area is 144 Å². The monoisotopic (exact) mass is 337 g/mol. The minimum Gasteiger partial charge on any atom is -0.344 e. The zero-order valence-corrected chi connectivity index (χ0v) is 14.3. The van der Waals surface area contributed by atoms with Gasteiger partial charge in [0.25, 0.3) is 5.91 Å². The summed E-state index contributed by atoms with van der Waals surface area (Å²) >= 11 is 0. The molecule has 0 saturated heterocycles. The molecule has 1 aromatic carbocycles. The van der Waals surface area contributed by atoms with E-state index in [1.165, 1.54) is 6.07 Å². The standard InChI is InChI=1S/C18H19N5O2/c1-4-23-12(3)14(13-7-5-6-8-16(13)23)10-19-22-17(24)15-9-11(2)20-18(25)21-15/h5-10H,4H2,1-3H3,(H,22,24)(H,20,21,25)/b19-10+. The van der Waals surface area contributed by atoms with Crippen molar-refractivity contribution in [2.45, 2.75) is 27.3 Å². The molecule has 7 nitrogen and oxygen atoms in total. The number of nitrogens with one attached hydrogen (secondary N) is 2. The van der Waals surface area contributed by atoms with E-state index in [0.717, 1.165) is 28.7 Å². The molecule has 0 saturated carbocycles. The van der Waals surface area contributed by atoms with E-state index in [1.807, 2.05) is 25.1 Å². The smallest absolute Gasteiger partial charge is 0.344 e. The van der Waals surface area contributed by atoms with Crippen LogP contribution in [0.2, 0.25) is 0 Å². The van der Waals surface area contributed by atoms with Crippen molar-refractivity contribution < 1.29 is 4.79 Å². The van der Waals surface area contributed by atoms with Crippen LogP contribution in [0, 0.1) is 13.8 Å². The quantitative estimate of drug-likeness (QED) is 0.564. The summed E-state index contributed by atoms with van der Waals surface area (Å²) < 4.78 is 2.19. The van der Waals surface area contributed by atoms with Crippen LogP contribution in [0.3, 0.4) is 0 Å². The molecule has 0 fully saturated rings. The van der Waals surface area contributed by atoms with Gasteiger partial charge in [0.1, 0.15) is 5.69 Å². The van der Waals surface area contributed by atoms with E-state index in [-0.39, 0.29) is 5.69 Å². The van der Waals surface area contributed by atoms with Crippen molar-refractivity contribution in [2.24, 2.45) is 5.10 Å². The van der Waals surface area contributed by atoms with Crippen LogP contribution in [-0.2, 0) is 6.54 Å². The number of aromatic nitrogens is 3. The number of hydrogen-bond acceptors (Lipinski definition) is 4. The second-order valence-corrected chi connectivity index (χ2v) is 5.71. The molecule has 0 aliphatic heterocycles. The van der Waals surface area contributed by atoms with Crippen LogP contribution in [0.1, 0.15) is 34.4 Å². The Morgan fingerprint density at radius 2 is 2.12 bits per heavy atom. The fourth-order valence-corrected chi connectivity index (χ4v) is 2.94. The van der Waals surface area contributed by atoms with E-state index < -0.39 is 11.6 Å². The third kappa shape index (κ3) is 3.21. The molecule has 7 heteroatoms. The first-order valence-electron chi connectivity index (χ1n) is 8.00. The van der Waals surface area contributed by atoms with Crippen LogP contribution in [0.15, 0.2) is 40.2 Å². The Morgan fingerprint density at radius 3 is 2.84 bits per heavy atom. The third-order valence-electron chi connectivity index (χ3n) is 4.07. The van der Waals surface area contributed by atoms with Gasteiger partial charge in [-0.1, -0.05) is 18.2 Å². The second-order valence-electron chi connectivity index (χ2n) is 5.71. The van der Waals surface area contributed by atoms with E-state index in [1.54, 1.807) is 13.1 Å². The Kier molecular flexibility index (Phi) is 4.47. The summed E-state index contributed by atoms with van der Waals surface area (Å²) in [5.41, 5.74) is 5.62. The number of rotatable bonds is 4. The molecule has 0 radical (unpaired) electrons. The average molecular weight is 337 g/mol. The zero-order valence-electron chi connectivity index (χ0n) is 14.3. The van der Waals surface area contributed by atoms with Crippen LogP contribution in [-0.4, -0.2) is 26.7 Å². The largest absolute Gasteiger partial charge is 0.345 e. The number of H-pyrrole nitrogens is 1. The van der Waals surface area contributed by atoms with Gasteiger partial charge in [-0.15, -0.1) is 0 Å². The molecule has 0 bridgehead atoms. The van der Waals surface area contributed by atoms with E-state index >= 15 is 0 Å². The van der Waals surface area contributed by atoms with Crippen molar-refractivity contribution in [3.63, 3.8) is 0 Å². The molecule has 1 amide bonds. The van der Waals surface area contributed by atoms with Crippen molar-refractivity contribution in [3.8, 4) is 0 Å². The molecule has 0 spiro atoms. The molecule has 2 N–H and O–H groups in total. The topological polar surface area (TPSA) is 92.1 Å². The summed E-state index contributed by atoms with van der Waals surface area (Å²) in [6.45, 7) is 6.64. The van der Waals surface area contributed by atoms with Gasteiger partial charge in [0.15, 0.2) is 0 Å². The fourth-order valence-electron chi connectivity index (χ4n) is 2.94. The van der Waals surface area contributed by atoms with Gasteiger partial charge in [-0.25, -0.2) is 10.2 Å². The summed E-state index contributed by atoms with van der Waals surface area (Å²) in [7, 11) is 0. The Balaban J connectivity index is 1.88. The molecular weight excluding hydrogens is 318 g/mol. The number of hydrogen-bond donors (Lipinski definition) is 2. The number of aryl methyl sites for hydroxylation is 2. The predicted molar refractivity (Wildman–Crippen MR) is 97.0 cm³/mol. The van der Waals surface area contributed by atoms with Crippen molar-refractivity contribution >= 4 is 23.0 Å². The Morgan fingerprint density at radius 1 is 1.36 bits per heavy atom. The highest BCUT2D eigenvalue weighted by Gasteiger charge is 2.12. The normalized spacial score (nSPS) is 11.3. The van der Waals surface area contributed by atoms with Gasteiger partial charge in [-0.05, 0) is 32.9 Å². The lowest BCUT2D eigenvalue weighted by Crippen LogP contribution is -2.24. The van der Waals surface area contributed by atoms with Crippen LogP contribution in [0.5, 0.6) is 0 Å². The van der Waals surface area contributed by atoms with Crippen LogP contribution < -0.4 is 11.1 Å². The van der Waals surface area contributed by atoms with Gasteiger partial charge < -0.3 is 9.55 Å². The van der Waals surface area contributed by atoms with Crippen molar-refractivity contribution in [2.75, 3.05) is 0 Å². The molecule has 128 valence electrons. The van der Waals surface area contributed by atoms with Crippen LogP contribution >= 0.6 is 0 Å². The summed E-state index contributed by atoms with van der Waals surface area (Å²) in [6.07, 6.45) is 1.63. The minimum atomic E-state index is -0.559. The number of benzene rings is 1. The lowest BCUT2D eigenvalue weighted by atomic mass is 10.1.